The van der Waals surface area contributed by atoms with E-state index in [0.29, 0.717) is 6.42 Å². The van der Waals surface area contributed by atoms with Crippen LogP contribution in [0.2, 0.25) is 0 Å². The van der Waals surface area contributed by atoms with E-state index in [9.17, 15) is 13.2 Å². The van der Waals surface area contributed by atoms with Gasteiger partial charge in [0.05, 0.1) is 0 Å². The fraction of sp³-hybridized carbons (Fsp3) is 0.375. The molecule has 1 aromatic rings. The molecule has 1 rings (SSSR count). The lowest BCUT2D eigenvalue weighted by Crippen LogP contribution is -2.07. The predicted molar refractivity (Wildman–Crippen MR) is 41.0 cm³/mol. The maximum absolute atomic E-state index is 12.2. The molecule has 1 aromatic heterocycles. The molecule has 0 saturated heterocycles. The standard InChI is InChI=1S/C8H8F3NO/c1-3-5-6(4-2)13-12-7(5)8(9,10)11/h3H,1,4H2,2H3. The van der Waals surface area contributed by atoms with Gasteiger partial charge in [0.2, 0.25) is 0 Å². The first-order valence-corrected chi connectivity index (χ1v) is 3.68. The summed E-state index contributed by atoms with van der Waals surface area (Å²) in [6, 6.07) is 0. The van der Waals surface area contributed by atoms with Gasteiger partial charge in [-0.3, -0.25) is 0 Å². The third-order valence-corrected chi connectivity index (χ3v) is 1.60. The van der Waals surface area contributed by atoms with Gasteiger partial charge in [-0.15, -0.1) is 0 Å². The van der Waals surface area contributed by atoms with Gasteiger partial charge >= 0.3 is 6.18 Å². The first-order valence-electron chi connectivity index (χ1n) is 3.68. The summed E-state index contributed by atoms with van der Waals surface area (Å²) in [7, 11) is 0. The molecule has 0 radical (unpaired) electrons. The molecule has 0 unspecified atom stereocenters. The average Bonchev–Trinajstić information content (AvgIpc) is 2.45. The average molecular weight is 191 g/mol. The van der Waals surface area contributed by atoms with Crippen LogP contribution >= 0.6 is 0 Å². The molecule has 0 aromatic carbocycles. The number of halogens is 3. The van der Waals surface area contributed by atoms with Crippen molar-refractivity contribution in [3.8, 4) is 0 Å². The van der Waals surface area contributed by atoms with Gasteiger partial charge in [0, 0.05) is 12.0 Å². The Hall–Kier alpha value is -1.26. The fourth-order valence-electron chi connectivity index (χ4n) is 1.00. The number of nitrogens with zero attached hydrogens (tertiary/aromatic N) is 1. The number of aryl methyl sites for hydroxylation is 1. The lowest BCUT2D eigenvalue weighted by Gasteiger charge is -2.01. The maximum Gasteiger partial charge on any atom is 0.437 e. The van der Waals surface area contributed by atoms with Gasteiger partial charge in [-0.05, 0) is 0 Å². The summed E-state index contributed by atoms with van der Waals surface area (Å²) < 4.78 is 41.2. The molecule has 0 amide bonds. The van der Waals surface area contributed by atoms with Crippen LogP contribution in [-0.2, 0) is 12.6 Å². The van der Waals surface area contributed by atoms with Crippen LogP contribution in [0.4, 0.5) is 13.2 Å². The molecule has 0 bridgehead atoms. The van der Waals surface area contributed by atoms with Gasteiger partial charge in [-0.2, -0.15) is 13.2 Å². The molecule has 0 aliphatic carbocycles. The molecule has 0 fully saturated rings. The summed E-state index contributed by atoms with van der Waals surface area (Å²) in [5, 5.41) is 2.96. The normalized spacial score (nSPS) is 11.7. The van der Waals surface area contributed by atoms with Crippen molar-refractivity contribution in [3.63, 3.8) is 0 Å². The minimum absolute atomic E-state index is 0.0602. The van der Waals surface area contributed by atoms with E-state index < -0.39 is 11.9 Å². The Bertz CT molecular complexity index is 314. The summed E-state index contributed by atoms with van der Waals surface area (Å²) in [5.41, 5.74) is -1.06. The lowest BCUT2D eigenvalue weighted by molar-refractivity contribution is -0.142. The highest BCUT2D eigenvalue weighted by Gasteiger charge is 2.38. The highest BCUT2D eigenvalue weighted by molar-refractivity contribution is 5.52. The number of aromatic nitrogens is 1. The van der Waals surface area contributed by atoms with Crippen molar-refractivity contribution >= 4 is 6.08 Å². The third-order valence-electron chi connectivity index (χ3n) is 1.60. The van der Waals surface area contributed by atoms with Crippen molar-refractivity contribution in [1.29, 1.82) is 0 Å². The Morgan fingerprint density at radius 3 is 2.54 bits per heavy atom. The zero-order valence-corrected chi connectivity index (χ0v) is 6.98. The molecule has 0 saturated carbocycles. The molecule has 0 spiro atoms. The van der Waals surface area contributed by atoms with E-state index in [4.69, 9.17) is 0 Å². The number of hydrogen-bond donors (Lipinski definition) is 0. The smallest absolute Gasteiger partial charge is 0.360 e. The first kappa shape index (κ1) is 9.83. The Morgan fingerprint density at radius 1 is 1.54 bits per heavy atom. The van der Waals surface area contributed by atoms with Crippen LogP contribution in [0.15, 0.2) is 11.1 Å². The highest BCUT2D eigenvalue weighted by atomic mass is 19.4. The van der Waals surface area contributed by atoms with Crippen LogP contribution in [0, 0.1) is 0 Å². The van der Waals surface area contributed by atoms with Crippen molar-refractivity contribution in [1.82, 2.24) is 5.16 Å². The maximum atomic E-state index is 12.2. The summed E-state index contributed by atoms with van der Waals surface area (Å²) in [5.74, 6) is 0.210. The minimum Gasteiger partial charge on any atom is -0.360 e. The van der Waals surface area contributed by atoms with E-state index in [2.05, 4.69) is 16.3 Å². The van der Waals surface area contributed by atoms with Crippen LogP contribution in [0.5, 0.6) is 0 Å². The zero-order valence-electron chi connectivity index (χ0n) is 6.98. The number of alkyl halides is 3. The Balaban J connectivity index is 3.23. The van der Waals surface area contributed by atoms with Gasteiger partial charge in [0.25, 0.3) is 0 Å². The third kappa shape index (κ3) is 1.74. The summed E-state index contributed by atoms with van der Waals surface area (Å²) in [6.45, 7) is 4.97. The molecular weight excluding hydrogens is 183 g/mol. The van der Waals surface area contributed by atoms with Gasteiger partial charge in [-0.25, -0.2) is 0 Å². The lowest BCUT2D eigenvalue weighted by atomic mass is 10.1. The molecule has 0 N–H and O–H groups in total. The summed E-state index contributed by atoms with van der Waals surface area (Å²) >= 11 is 0. The van der Waals surface area contributed by atoms with Crippen molar-refractivity contribution in [3.05, 3.63) is 23.6 Å². The Morgan fingerprint density at radius 2 is 2.15 bits per heavy atom. The van der Waals surface area contributed by atoms with Gasteiger partial charge < -0.3 is 4.52 Å². The first-order chi connectivity index (χ1) is 6.00. The van der Waals surface area contributed by atoms with Crippen LogP contribution in [0.3, 0.4) is 0 Å². The van der Waals surface area contributed by atoms with Gasteiger partial charge in [-0.1, -0.05) is 24.7 Å². The zero-order chi connectivity index (χ0) is 10.1. The van der Waals surface area contributed by atoms with Crippen molar-refractivity contribution in [2.75, 3.05) is 0 Å². The van der Waals surface area contributed by atoms with E-state index in [1.807, 2.05) is 0 Å². The second-order valence-electron chi connectivity index (χ2n) is 2.42. The number of rotatable bonds is 2. The van der Waals surface area contributed by atoms with Crippen LogP contribution in [0.25, 0.3) is 6.08 Å². The number of hydrogen-bond acceptors (Lipinski definition) is 2. The Kier molecular flexibility index (Phi) is 2.45. The summed E-state index contributed by atoms with van der Waals surface area (Å²) in [6.07, 6.45) is -3.00. The Labute approximate surface area is 73.0 Å². The highest BCUT2D eigenvalue weighted by Crippen LogP contribution is 2.33. The van der Waals surface area contributed by atoms with Crippen LogP contribution < -0.4 is 0 Å². The van der Waals surface area contributed by atoms with Gasteiger partial charge in [0.1, 0.15) is 5.76 Å². The van der Waals surface area contributed by atoms with E-state index in [0.717, 1.165) is 6.08 Å². The van der Waals surface area contributed by atoms with Crippen LogP contribution in [0.1, 0.15) is 23.9 Å². The van der Waals surface area contributed by atoms with Crippen molar-refractivity contribution < 1.29 is 17.7 Å². The molecule has 0 atom stereocenters. The molecule has 0 aliphatic heterocycles. The van der Waals surface area contributed by atoms with E-state index in [1.54, 1.807) is 6.92 Å². The fourth-order valence-corrected chi connectivity index (χ4v) is 1.00. The van der Waals surface area contributed by atoms with E-state index in [-0.39, 0.29) is 11.3 Å². The molecule has 72 valence electrons. The quantitative estimate of drug-likeness (QED) is 0.718. The van der Waals surface area contributed by atoms with E-state index in [1.165, 1.54) is 0 Å². The topological polar surface area (TPSA) is 26.0 Å². The molecular formula is C8H8F3NO. The SMILES string of the molecule is C=Cc1c(C(F)(F)F)noc1CC. The molecule has 13 heavy (non-hydrogen) atoms. The van der Waals surface area contributed by atoms with E-state index >= 15 is 0 Å². The molecule has 0 aliphatic rings. The second kappa shape index (κ2) is 3.24. The minimum atomic E-state index is -4.47. The largest absolute Gasteiger partial charge is 0.437 e. The summed E-state index contributed by atoms with van der Waals surface area (Å²) in [4.78, 5) is 0. The van der Waals surface area contributed by atoms with Crippen molar-refractivity contribution in [2.45, 2.75) is 19.5 Å². The van der Waals surface area contributed by atoms with Crippen molar-refractivity contribution in [2.24, 2.45) is 0 Å². The monoisotopic (exact) mass is 191 g/mol. The molecule has 2 nitrogen and oxygen atoms in total. The predicted octanol–water partition coefficient (Wildman–Crippen LogP) is 2.90. The van der Waals surface area contributed by atoms with Crippen LogP contribution in [-0.4, -0.2) is 5.16 Å². The molecule has 1 heterocycles. The second-order valence-corrected chi connectivity index (χ2v) is 2.42. The van der Waals surface area contributed by atoms with Gasteiger partial charge in [0.15, 0.2) is 5.69 Å². The molecule has 5 heteroatoms.